The second-order valence-electron chi connectivity index (χ2n) is 5.33. The van der Waals surface area contributed by atoms with E-state index in [1.807, 2.05) is 30.3 Å². The van der Waals surface area contributed by atoms with Crippen LogP contribution in [0.5, 0.6) is 0 Å². The fraction of sp³-hybridized carbons (Fsp3) is 0.412. The SMILES string of the molecule is Clc1cccc(-c2ccc(CCCN3CCOCC3)o2)c1. The maximum absolute atomic E-state index is 6.01. The maximum atomic E-state index is 6.01. The molecule has 0 aliphatic carbocycles. The first kappa shape index (κ1) is 14.6. The van der Waals surface area contributed by atoms with Gasteiger partial charge in [0.25, 0.3) is 0 Å². The summed E-state index contributed by atoms with van der Waals surface area (Å²) in [6, 6.07) is 11.8. The highest BCUT2D eigenvalue weighted by Gasteiger charge is 2.10. The molecule has 0 N–H and O–H groups in total. The molecule has 0 unspecified atom stereocenters. The molecule has 21 heavy (non-hydrogen) atoms. The van der Waals surface area contributed by atoms with Gasteiger partial charge in [-0.3, -0.25) is 4.90 Å². The number of furan rings is 1. The normalized spacial score (nSPS) is 16.2. The van der Waals surface area contributed by atoms with Crippen LogP contribution in [0.2, 0.25) is 5.02 Å². The van der Waals surface area contributed by atoms with Gasteiger partial charge in [0.15, 0.2) is 0 Å². The molecule has 0 bridgehead atoms. The lowest BCUT2D eigenvalue weighted by atomic mass is 10.2. The Labute approximate surface area is 130 Å². The Balaban J connectivity index is 1.53. The minimum atomic E-state index is 0.734. The molecule has 3 nitrogen and oxygen atoms in total. The van der Waals surface area contributed by atoms with E-state index in [9.17, 15) is 0 Å². The van der Waals surface area contributed by atoms with Crippen molar-refractivity contribution >= 4 is 11.6 Å². The van der Waals surface area contributed by atoms with E-state index < -0.39 is 0 Å². The number of halogens is 1. The largest absolute Gasteiger partial charge is 0.461 e. The van der Waals surface area contributed by atoms with Crippen LogP contribution in [0.3, 0.4) is 0 Å². The lowest BCUT2D eigenvalue weighted by molar-refractivity contribution is 0.0373. The molecule has 1 fully saturated rings. The van der Waals surface area contributed by atoms with E-state index in [4.69, 9.17) is 20.8 Å². The first-order valence-corrected chi connectivity index (χ1v) is 7.84. The topological polar surface area (TPSA) is 25.6 Å². The monoisotopic (exact) mass is 305 g/mol. The molecule has 0 radical (unpaired) electrons. The molecule has 2 heterocycles. The van der Waals surface area contributed by atoms with Crippen molar-refractivity contribution in [1.82, 2.24) is 4.90 Å². The summed E-state index contributed by atoms with van der Waals surface area (Å²) in [7, 11) is 0. The van der Waals surface area contributed by atoms with Crippen LogP contribution in [-0.2, 0) is 11.2 Å². The van der Waals surface area contributed by atoms with E-state index in [-0.39, 0.29) is 0 Å². The number of aryl methyl sites for hydroxylation is 1. The van der Waals surface area contributed by atoms with Crippen LogP contribution in [0.1, 0.15) is 12.2 Å². The van der Waals surface area contributed by atoms with Gasteiger partial charge in [0, 0.05) is 30.1 Å². The zero-order valence-electron chi connectivity index (χ0n) is 12.1. The predicted octanol–water partition coefficient (Wildman–Crippen LogP) is 3.86. The highest BCUT2D eigenvalue weighted by Crippen LogP contribution is 2.25. The van der Waals surface area contributed by atoms with Gasteiger partial charge in [-0.1, -0.05) is 23.7 Å². The number of hydrogen-bond donors (Lipinski definition) is 0. The van der Waals surface area contributed by atoms with Crippen molar-refractivity contribution in [3.05, 3.63) is 47.2 Å². The van der Waals surface area contributed by atoms with E-state index in [2.05, 4.69) is 11.0 Å². The summed E-state index contributed by atoms with van der Waals surface area (Å²) in [4.78, 5) is 2.45. The fourth-order valence-electron chi connectivity index (χ4n) is 2.61. The zero-order valence-corrected chi connectivity index (χ0v) is 12.8. The van der Waals surface area contributed by atoms with Gasteiger partial charge in [0.1, 0.15) is 11.5 Å². The van der Waals surface area contributed by atoms with Crippen molar-refractivity contribution in [2.45, 2.75) is 12.8 Å². The quantitative estimate of drug-likeness (QED) is 0.838. The van der Waals surface area contributed by atoms with Crippen LogP contribution >= 0.6 is 11.6 Å². The van der Waals surface area contributed by atoms with Gasteiger partial charge in [0.05, 0.1) is 13.2 Å². The van der Waals surface area contributed by atoms with Crippen LogP contribution < -0.4 is 0 Å². The summed E-state index contributed by atoms with van der Waals surface area (Å²) in [5.41, 5.74) is 1.03. The van der Waals surface area contributed by atoms with Gasteiger partial charge in [-0.25, -0.2) is 0 Å². The molecule has 2 aromatic rings. The molecule has 112 valence electrons. The van der Waals surface area contributed by atoms with E-state index in [0.717, 1.165) is 67.8 Å². The van der Waals surface area contributed by atoms with Gasteiger partial charge in [-0.15, -0.1) is 0 Å². The summed E-state index contributed by atoms with van der Waals surface area (Å²) in [6.45, 7) is 4.92. The molecular formula is C17H20ClNO2. The van der Waals surface area contributed by atoms with Gasteiger partial charge in [-0.2, -0.15) is 0 Å². The van der Waals surface area contributed by atoms with Crippen molar-refractivity contribution in [2.24, 2.45) is 0 Å². The summed E-state index contributed by atoms with van der Waals surface area (Å²) < 4.78 is 11.3. The Morgan fingerprint density at radius 3 is 2.76 bits per heavy atom. The number of ether oxygens (including phenoxy) is 1. The van der Waals surface area contributed by atoms with Crippen molar-refractivity contribution in [3.8, 4) is 11.3 Å². The van der Waals surface area contributed by atoms with Gasteiger partial charge in [0.2, 0.25) is 0 Å². The van der Waals surface area contributed by atoms with Crippen molar-refractivity contribution in [2.75, 3.05) is 32.8 Å². The van der Waals surface area contributed by atoms with E-state index >= 15 is 0 Å². The lowest BCUT2D eigenvalue weighted by Gasteiger charge is -2.26. The maximum Gasteiger partial charge on any atom is 0.134 e. The van der Waals surface area contributed by atoms with Crippen molar-refractivity contribution in [1.29, 1.82) is 0 Å². The molecule has 0 spiro atoms. The van der Waals surface area contributed by atoms with Crippen molar-refractivity contribution < 1.29 is 9.15 Å². The van der Waals surface area contributed by atoms with Crippen LogP contribution in [0, 0.1) is 0 Å². The first-order chi connectivity index (χ1) is 10.3. The van der Waals surface area contributed by atoms with Gasteiger partial charge >= 0.3 is 0 Å². The average molecular weight is 306 g/mol. The third-order valence-electron chi connectivity index (χ3n) is 3.77. The minimum Gasteiger partial charge on any atom is -0.461 e. The average Bonchev–Trinajstić information content (AvgIpc) is 2.97. The molecule has 1 aliphatic heterocycles. The van der Waals surface area contributed by atoms with E-state index in [1.165, 1.54) is 0 Å². The highest BCUT2D eigenvalue weighted by atomic mass is 35.5. The number of benzene rings is 1. The molecule has 0 amide bonds. The van der Waals surface area contributed by atoms with Crippen LogP contribution in [0.15, 0.2) is 40.8 Å². The second kappa shape index (κ2) is 7.12. The summed E-state index contributed by atoms with van der Waals surface area (Å²) >= 11 is 6.01. The summed E-state index contributed by atoms with van der Waals surface area (Å²) in [5.74, 6) is 1.93. The lowest BCUT2D eigenvalue weighted by Crippen LogP contribution is -2.36. The molecule has 0 atom stereocenters. The fourth-order valence-corrected chi connectivity index (χ4v) is 2.80. The molecule has 0 saturated carbocycles. The number of rotatable bonds is 5. The Morgan fingerprint density at radius 1 is 1.10 bits per heavy atom. The van der Waals surface area contributed by atoms with Gasteiger partial charge < -0.3 is 9.15 Å². The number of nitrogens with zero attached hydrogens (tertiary/aromatic N) is 1. The van der Waals surface area contributed by atoms with Gasteiger partial charge in [-0.05, 0) is 37.2 Å². The van der Waals surface area contributed by atoms with Crippen molar-refractivity contribution in [3.63, 3.8) is 0 Å². The summed E-state index contributed by atoms with van der Waals surface area (Å²) in [6.07, 6.45) is 2.08. The molecule has 1 saturated heterocycles. The third-order valence-corrected chi connectivity index (χ3v) is 4.01. The summed E-state index contributed by atoms with van der Waals surface area (Å²) in [5, 5.41) is 0.734. The molecule has 3 rings (SSSR count). The molecule has 1 aliphatic rings. The van der Waals surface area contributed by atoms with Crippen LogP contribution in [0.4, 0.5) is 0 Å². The molecule has 4 heteroatoms. The van der Waals surface area contributed by atoms with Crippen LogP contribution in [0.25, 0.3) is 11.3 Å². The third kappa shape index (κ3) is 4.10. The standard InChI is InChI=1S/C17H20ClNO2/c18-15-4-1-3-14(13-15)17-7-6-16(21-17)5-2-8-19-9-11-20-12-10-19/h1,3-4,6-7,13H,2,5,8-12H2. The first-order valence-electron chi connectivity index (χ1n) is 7.46. The van der Waals surface area contributed by atoms with Crippen LogP contribution in [-0.4, -0.2) is 37.7 Å². The molecular weight excluding hydrogens is 286 g/mol. The second-order valence-corrected chi connectivity index (χ2v) is 5.77. The van der Waals surface area contributed by atoms with E-state index in [0.29, 0.717) is 0 Å². The Kier molecular flexibility index (Phi) is 4.96. The Morgan fingerprint density at radius 2 is 1.95 bits per heavy atom. The molecule has 1 aromatic heterocycles. The predicted molar refractivity (Wildman–Crippen MR) is 84.7 cm³/mol. The Hall–Kier alpha value is -1.29. The smallest absolute Gasteiger partial charge is 0.134 e. The highest BCUT2D eigenvalue weighted by molar-refractivity contribution is 6.30. The number of morpholine rings is 1. The molecule has 1 aromatic carbocycles. The minimum absolute atomic E-state index is 0.734. The van der Waals surface area contributed by atoms with E-state index in [1.54, 1.807) is 0 Å². The zero-order chi connectivity index (χ0) is 14.5. The number of hydrogen-bond acceptors (Lipinski definition) is 3. The Bertz CT molecular complexity index is 576.